The Labute approximate surface area is 78.3 Å². The van der Waals surface area contributed by atoms with Gasteiger partial charge in [-0.15, -0.1) is 0 Å². The number of rotatable bonds is 7. The summed E-state index contributed by atoms with van der Waals surface area (Å²) in [6.45, 7) is 2.65. The van der Waals surface area contributed by atoms with Crippen molar-refractivity contribution in [3.63, 3.8) is 0 Å². The molecular formula is C9H19BrO. The van der Waals surface area contributed by atoms with Crippen LogP contribution in [0, 0.1) is 5.92 Å². The minimum Gasteiger partial charge on any atom is -0.396 e. The van der Waals surface area contributed by atoms with E-state index in [9.17, 15) is 0 Å². The lowest BCUT2D eigenvalue weighted by molar-refractivity contribution is 0.280. The molecule has 0 rings (SSSR count). The zero-order chi connectivity index (χ0) is 8.53. The van der Waals surface area contributed by atoms with E-state index in [0.29, 0.717) is 6.61 Å². The van der Waals surface area contributed by atoms with Crippen molar-refractivity contribution >= 4 is 15.9 Å². The smallest absolute Gasteiger partial charge is 0.0431 e. The number of aliphatic hydroxyl groups excluding tert-OH is 1. The minimum atomic E-state index is 0.354. The van der Waals surface area contributed by atoms with E-state index in [1.165, 1.54) is 25.7 Å². The van der Waals surface area contributed by atoms with Crippen LogP contribution in [0.3, 0.4) is 0 Å². The molecule has 1 nitrogen and oxygen atoms in total. The number of aliphatic hydroxyl groups is 1. The van der Waals surface area contributed by atoms with Crippen molar-refractivity contribution < 1.29 is 5.11 Å². The maximum atomic E-state index is 8.53. The van der Waals surface area contributed by atoms with Gasteiger partial charge in [0.05, 0.1) is 0 Å². The molecule has 68 valence electrons. The highest BCUT2D eigenvalue weighted by atomic mass is 79.9. The molecule has 1 N–H and O–H groups in total. The van der Waals surface area contributed by atoms with Crippen LogP contribution in [0.2, 0.25) is 0 Å². The molecule has 0 spiro atoms. The molecule has 0 unspecified atom stereocenters. The van der Waals surface area contributed by atoms with Crippen LogP contribution >= 0.6 is 15.9 Å². The van der Waals surface area contributed by atoms with Gasteiger partial charge < -0.3 is 5.11 Å². The van der Waals surface area contributed by atoms with Crippen LogP contribution < -0.4 is 0 Å². The lowest BCUT2D eigenvalue weighted by atomic mass is 10.0. The van der Waals surface area contributed by atoms with E-state index in [0.717, 1.165) is 17.7 Å². The van der Waals surface area contributed by atoms with Crippen LogP contribution in [0.15, 0.2) is 0 Å². The van der Waals surface area contributed by atoms with Crippen LogP contribution in [0.4, 0.5) is 0 Å². The molecule has 0 fully saturated rings. The van der Waals surface area contributed by atoms with Crippen molar-refractivity contribution in [2.75, 3.05) is 11.9 Å². The fourth-order valence-electron chi connectivity index (χ4n) is 1.11. The number of hydrogen-bond acceptors (Lipinski definition) is 1. The van der Waals surface area contributed by atoms with Crippen molar-refractivity contribution in [3.8, 4) is 0 Å². The predicted molar refractivity (Wildman–Crippen MR) is 53.1 cm³/mol. The first-order chi connectivity index (χ1) is 5.31. The number of hydrogen-bond donors (Lipinski definition) is 1. The van der Waals surface area contributed by atoms with E-state index < -0.39 is 0 Å². The molecule has 0 aromatic carbocycles. The van der Waals surface area contributed by atoms with Gasteiger partial charge in [0.1, 0.15) is 0 Å². The van der Waals surface area contributed by atoms with Gasteiger partial charge in [-0.2, -0.15) is 0 Å². The van der Waals surface area contributed by atoms with Gasteiger partial charge in [-0.25, -0.2) is 0 Å². The van der Waals surface area contributed by atoms with E-state index >= 15 is 0 Å². The Balaban J connectivity index is 2.97. The van der Waals surface area contributed by atoms with Crippen molar-refractivity contribution in [3.05, 3.63) is 0 Å². The lowest BCUT2D eigenvalue weighted by Gasteiger charge is -2.07. The molecule has 0 amide bonds. The van der Waals surface area contributed by atoms with Gasteiger partial charge in [0.25, 0.3) is 0 Å². The standard InChI is InChI=1S/C9H19BrO/c1-9(6-7-10)5-3-2-4-8-11/h9,11H,2-8H2,1H3/t9-/m1/s1. The average Bonchev–Trinajstić information content (AvgIpc) is 1.99. The monoisotopic (exact) mass is 222 g/mol. The molecule has 0 aliphatic heterocycles. The predicted octanol–water partition coefficient (Wildman–Crippen LogP) is 2.96. The summed E-state index contributed by atoms with van der Waals surface area (Å²) >= 11 is 3.43. The van der Waals surface area contributed by atoms with Crippen LogP contribution in [0.25, 0.3) is 0 Å². The SMILES string of the molecule is C[C@@H](CCBr)CCCCCO. The van der Waals surface area contributed by atoms with E-state index in [4.69, 9.17) is 5.11 Å². The van der Waals surface area contributed by atoms with Gasteiger partial charge >= 0.3 is 0 Å². The van der Waals surface area contributed by atoms with E-state index in [1.807, 2.05) is 0 Å². The fourth-order valence-corrected chi connectivity index (χ4v) is 1.89. The fraction of sp³-hybridized carbons (Fsp3) is 1.00. The third-order valence-electron chi connectivity index (χ3n) is 1.96. The highest BCUT2D eigenvalue weighted by Crippen LogP contribution is 2.13. The topological polar surface area (TPSA) is 20.2 Å². The molecule has 0 radical (unpaired) electrons. The second-order valence-electron chi connectivity index (χ2n) is 3.16. The summed E-state index contributed by atoms with van der Waals surface area (Å²) in [7, 11) is 0. The number of alkyl halides is 1. The van der Waals surface area contributed by atoms with Gasteiger partial charge in [-0.3, -0.25) is 0 Å². The Morgan fingerprint density at radius 3 is 2.45 bits per heavy atom. The van der Waals surface area contributed by atoms with E-state index in [-0.39, 0.29) is 0 Å². The molecule has 0 aromatic rings. The maximum absolute atomic E-state index is 8.53. The lowest BCUT2D eigenvalue weighted by Crippen LogP contribution is -1.95. The maximum Gasteiger partial charge on any atom is 0.0431 e. The Bertz CT molecular complexity index is 76.0. The highest BCUT2D eigenvalue weighted by Gasteiger charge is 1.99. The molecule has 11 heavy (non-hydrogen) atoms. The molecular weight excluding hydrogens is 204 g/mol. The van der Waals surface area contributed by atoms with Crippen molar-refractivity contribution in [2.24, 2.45) is 5.92 Å². The molecule has 0 aliphatic carbocycles. The number of halogens is 1. The zero-order valence-electron chi connectivity index (χ0n) is 7.35. The Morgan fingerprint density at radius 1 is 1.18 bits per heavy atom. The normalized spacial score (nSPS) is 13.4. The third kappa shape index (κ3) is 8.35. The van der Waals surface area contributed by atoms with Crippen LogP contribution in [-0.4, -0.2) is 17.0 Å². The molecule has 0 saturated carbocycles. The van der Waals surface area contributed by atoms with Gasteiger partial charge in [0.2, 0.25) is 0 Å². The first-order valence-corrected chi connectivity index (χ1v) is 5.60. The van der Waals surface area contributed by atoms with Crippen molar-refractivity contribution in [1.82, 2.24) is 0 Å². The molecule has 0 bridgehead atoms. The van der Waals surface area contributed by atoms with Crippen LogP contribution in [0.1, 0.15) is 39.0 Å². The number of unbranched alkanes of at least 4 members (excludes halogenated alkanes) is 2. The van der Waals surface area contributed by atoms with Gasteiger partial charge in [-0.05, 0) is 18.8 Å². The summed E-state index contributed by atoms with van der Waals surface area (Å²) in [6, 6.07) is 0. The minimum absolute atomic E-state index is 0.354. The van der Waals surface area contributed by atoms with Gasteiger partial charge in [0.15, 0.2) is 0 Å². The second-order valence-corrected chi connectivity index (χ2v) is 3.95. The Kier molecular flexibility index (Phi) is 8.88. The summed E-state index contributed by atoms with van der Waals surface area (Å²) in [6.07, 6.45) is 6.02. The molecule has 0 heterocycles. The van der Waals surface area contributed by atoms with Gasteiger partial charge in [-0.1, -0.05) is 42.1 Å². The first-order valence-electron chi connectivity index (χ1n) is 4.48. The third-order valence-corrected chi connectivity index (χ3v) is 2.41. The quantitative estimate of drug-likeness (QED) is 0.519. The van der Waals surface area contributed by atoms with Crippen LogP contribution in [-0.2, 0) is 0 Å². The largest absolute Gasteiger partial charge is 0.396 e. The summed E-state index contributed by atoms with van der Waals surface area (Å²) in [5, 5.41) is 9.65. The van der Waals surface area contributed by atoms with Gasteiger partial charge in [0, 0.05) is 11.9 Å². The molecule has 0 saturated heterocycles. The van der Waals surface area contributed by atoms with Crippen molar-refractivity contribution in [2.45, 2.75) is 39.0 Å². The highest BCUT2D eigenvalue weighted by molar-refractivity contribution is 9.09. The molecule has 1 atom stereocenters. The average molecular weight is 223 g/mol. The van der Waals surface area contributed by atoms with Crippen molar-refractivity contribution in [1.29, 1.82) is 0 Å². The molecule has 2 heteroatoms. The first kappa shape index (κ1) is 11.4. The molecule has 0 aromatic heterocycles. The Morgan fingerprint density at radius 2 is 1.91 bits per heavy atom. The summed E-state index contributed by atoms with van der Waals surface area (Å²) in [5.41, 5.74) is 0. The molecule has 0 aliphatic rings. The Hall–Kier alpha value is 0.440. The van der Waals surface area contributed by atoms with E-state index in [1.54, 1.807) is 0 Å². The summed E-state index contributed by atoms with van der Waals surface area (Å²) < 4.78 is 0. The summed E-state index contributed by atoms with van der Waals surface area (Å²) in [4.78, 5) is 0. The second kappa shape index (κ2) is 8.54. The van der Waals surface area contributed by atoms with Crippen LogP contribution in [0.5, 0.6) is 0 Å². The van der Waals surface area contributed by atoms with E-state index in [2.05, 4.69) is 22.9 Å². The zero-order valence-corrected chi connectivity index (χ0v) is 8.94. The summed E-state index contributed by atoms with van der Waals surface area (Å²) in [5.74, 6) is 0.841.